The van der Waals surface area contributed by atoms with E-state index in [1.54, 1.807) is 6.92 Å². The fourth-order valence-corrected chi connectivity index (χ4v) is 4.62. The maximum Gasteiger partial charge on any atom is 0.330 e. The molecule has 3 unspecified atom stereocenters. The predicted molar refractivity (Wildman–Crippen MR) is 103 cm³/mol. The summed E-state index contributed by atoms with van der Waals surface area (Å²) in [6.45, 7) is 4.50. The zero-order chi connectivity index (χ0) is 20.4. The van der Waals surface area contributed by atoms with Crippen molar-refractivity contribution in [3.05, 3.63) is 33.1 Å². The van der Waals surface area contributed by atoms with E-state index in [2.05, 4.69) is 4.98 Å². The second kappa shape index (κ2) is 8.65. The lowest BCUT2D eigenvalue weighted by molar-refractivity contribution is -0.0593. The van der Waals surface area contributed by atoms with E-state index in [1.807, 2.05) is 20.8 Å². The summed E-state index contributed by atoms with van der Waals surface area (Å²) in [4.78, 5) is 36.1. The van der Waals surface area contributed by atoms with Gasteiger partial charge >= 0.3 is 12.4 Å². The summed E-state index contributed by atoms with van der Waals surface area (Å²) < 4.78 is 23.8. The number of methoxy groups -OCH3 is 1. The predicted octanol–water partition coefficient (Wildman–Crippen LogP) is 1.52. The standard InChI is InChI=1S/C16H27N2O7PS/c1-6-23-26(21,27)25-12-10(9-16(2,3)4)24-14(13(12)22-5)18-8-7-11(19)17-15(18)20/h7-8,10,12-14H,6,9H2,1-5H3,(H,21,27)(H,17,19,20)/t10-,12?,13?,14-,26?/m1/s1. The Bertz CT molecular complexity index is 803. The van der Waals surface area contributed by atoms with Crippen LogP contribution in [0.25, 0.3) is 0 Å². The maximum atomic E-state index is 12.2. The van der Waals surface area contributed by atoms with Crippen LogP contribution in [-0.2, 0) is 30.3 Å². The van der Waals surface area contributed by atoms with Gasteiger partial charge in [0.2, 0.25) is 0 Å². The van der Waals surface area contributed by atoms with Gasteiger partial charge in [0.25, 0.3) is 5.56 Å². The number of hydrogen-bond acceptors (Lipinski definition) is 7. The van der Waals surface area contributed by atoms with E-state index in [0.717, 1.165) is 0 Å². The fourth-order valence-electron chi connectivity index (χ4n) is 3.05. The maximum absolute atomic E-state index is 12.2. The second-order valence-electron chi connectivity index (χ2n) is 7.50. The minimum atomic E-state index is -3.50. The Hall–Kier alpha value is -0.870. The lowest BCUT2D eigenvalue weighted by atomic mass is 9.87. The number of rotatable bonds is 7. The minimum Gasteiger partial charge on any atom is -0.374 e. The van der Waals surface area contributed by atoms with Gasteiger partial charge in [0.1, 0.15) is 12.2 Å². The van der Waals surface area contributed by atoms with Gasteiger partial charge in [-0.1, -0.05) is 20.8 Å². The van der Waals surface area contributed by atoms with Crippen molar-refractivity contribution in [2.45, 2.75) is 58.7 Å². The summed E-state index contributed by atoms with van der Waals surface area (Å²) in [6.07, 6.45) is -0.946. The van der Waals surface area contributed by atoms with Crippen LogP contribution in [0.15, 0.2) is 21.9 Å². The first kappa shape index (κ1) is 22.4. The van der Waals surface area contributed by atoms with E-state index in [9.17, 15) is 14.5 Å². The van der Waals surface area contributed by atoms with Gasteiger partial charge in [0.05, 0.1) is 12.7 Å². The molecule has 5 atom stereocenters. The van der Waals surface area contributed by atoms with Crippen molar-refractivity contribution in [3.8, 4) is 0 Å². The number of H-pyrrole nitrogens is 1. The molecule has 1 aromatic heterocycles. The van der Waals surface area contributed by atoms with Crippen LogP contribution < -0.4 is 11.2 Å². The third-order valence-corrected chi connectivity index (χ3v) is 5.71. The largest absolute Gasteiger partial charge is 0.374 e. The summed E-state index contributed by atoms with van der Waals surface area (Å²) in [7, 11) is 1.45. The van der Waals surface area contributed by atoms with Crippen LogP contribution in [-0.4, -0.2) is 46.5 Å². The molecule has 0 amide bonds. The van der Waals surface area contributed by atoms with Crippen LogP contribution in [0, 0.1) is 5.41 Å². The Morgan fingerprint density at radius 1 is 1.37 bits per heavy atom. The highest BCUT2D eigenvalue weighted by Gasteiger charge is 2.50. The van der Waals surface area contributed by atoms with Crippen LogP contribution in [0.4, 0.5) is 0 Å². The molecule has 0 spiro atoms. The summed E-state index contributed by atoms with van der Waals surface area (Å²) in [5.74, 6) is 0. The first-order chi connectivity index (χ1) is 12.5. The lowest BCUT2D eigenvalue weighted by Gasteiger charge is -2.29. The molecule has 2 heterocycles. The normalized spacial score (nSPS) is 28.2. The molecule has 0 saturated carbocycles. The molecule has 154 valence electrons. The highest BCUT2D eigenvalue weighted by atomic mass is 32.5. The Balaban J connectivity index is 2.41. The molecule has 1 aromatic rings. The van der Waals surface area contributed by atoms with Gasteiger partial charge < -0.3 is 18.9 Å². The van der Waals surface area contributed by atoms with E-state index in [0.29, 0.717) is 6.42 Å². The molecule has 27 heavy (non-hydrogen) atoms. The number of hydrogen-bond donors (Lipinski definition) is 2. The zero-order valence-corrected chi connectivity index (χ0v) is 17.8. The van der Waals surface area contributed by atoms with Crippen molar-refractivity contribution in [1.82, 2.24) is 9.55 Å². The molecule has 11 heteroatoms. The average molecular weight is 422 g/mol. The fraction of sp³-hybridized carbons (Fsp3) is 0.750. The quantitative estimate of drug-likeness (QED) is 0.636. The van der Waals surface area contributed by atoms with Crippen molar-refractivity contribution in [2.75, 3.05) is 13.7 Å². The van der Waals surface area contributed by atoms with Crippen LogP contribution in [0.5, 0.6) is 0 Å². The number of nitrogens with one attached hydrogen (secondary N) is 1. The number of ether oxygens (including phenoxy) is 2. The smallest absolute Gasteiger partial charge is 0.330 e. The summed E-state index contributed by atoms with van der Waals surface area (Å²) >= 11 is 5.07. The summed E-state index contributed by atoms with van der Waals surface area (Å²) in [6, 6.07) is 1.22. The van der Waals surface area contributed by atoms with E-state index in [4.69, 9.17) is 30.3 Å². The molecule has 1 fully saturated rings. The summed E-state index contributed by atoms with van der Waals surface area (Å²) in [5, 5.41) is 0. The molecule has 2 N–H and O–H groups in total. The minimum absolute atomic E-state index is 0.126. The molecule has 1 aliphatic rings. The van der Waals surface area contributed by atoms with Gasteiger partial charge in [-0.2, -0.15) is 0 Å². The molecule has 0 radical (unpaired) electrons. The zero-order valence-electron chi connectivity index (χ0n) is 16.1. The second-order valence-corrected chi connectivity index (χ2v) is 10.3. The Kier molecular flexibility index (Phi) is 7.18. The third-order valence-electron chi connectivity index (χ3n) is 4.04. The number of nitrogens with zero attached hydrogens (tertiary/aromatic N) is 1. The monoisotopic (exact) mass is 422 g/mol. The van der Waals surface area contributed by atoms with Gasteiger partial charge in [-0.05, 0) is 30.6 Å². The topological polar surface area (TPSA) is 112 Å². The Morgan fingerprint density at radius 3 is 2.56 bits per heavy atom. The molecular weight excluding hydrogens is 395 g/mol. The highest BCUT2D eigenvalue weighted by molar-refractivity contribution is 8.07. The van der Waals surface area contributed by atoms with Gasteiger partial charge in [-0.3, -0.25) is 18.9 Å². The van der Waals surface area contributed by atoms with Crippen molar-refractivity contribution in [1.29, 1.82) is 0 Å². The van der Waals surface area contributed by atoms with Crippen molar-refractivity contribution in [2.24, 2.45) is 5.41 Å². The molecular formula is C16H27N2O7PS. The van der Waals surface area contributed by atoms with Crippen LogP contribution >= 0.6 is 6.72 Å². The van der Waals surface area contributed by atoms with Gasteiger partial charge in [-0.25, -0.2) is 4.79 Å². The van der Waals surface area contributed by atoms with Crippen LogP contribution in [0.3, 0.4) is 0 Å². The molecule has 1 aliphatic heterocycles. The number of aromatic nitrogens is 2. The van der Waals surface area contributed by atoms with E-state index >= 15 is 0 Å². The molecule has 2 rings (SSSR count). The first-order valence-electron chi connectivity index (χ1n) is 8.63. The first-order valence-corrected chi connectivity index (χ1v) is 11.2. The van der Waals surface area contributed by atoms with Crippen LogP contribution in [0.1, 0.15) is 40.3 Å². The van der Waals surface area contributed by atoms with Crippen LogP contribution in [0.2, 0.25) is 0 Å². The summed E-state index contributed by atoms with van der Waals surface area (Å²) in [5.41, 5.74) is -1.26. The van der Waals surface area contributed by atoms with Crippen molar-refractivity contribution < 1.29 is 23.4 Å². The van der Waals surface area contributed by atoms with Gasteiger partial charge in [0.15, 0.2) is 6.23 Å². The van der Waals surface area contributed by atoms with Crippen molar-refractivity contribution >= 4 is 18.5 Å². The number of aromatic amines is 1. The Morgan fingerprint density at radius 2 is 2.04 bits per heavy atom. The lowest BCUT2D eigenvalue weighted by Crippen LogP contribution is -2.39. The van der Waals surface area contributed by atoms with Gasteiger partial charge in [-0.15, -0.1) is 0 Å². The molecule has 1 saturated heterocycles. The molecule has 0 bridgehead atoms. The Labute approximate surface area is 162 Å². The van der Waals surface area contributed by atoms with E-state index in [1.165, 1.54) is 23.9 Å². The van der Waals surface area contributed by atoms with Crippen molar-refractivity contribution in [3.63, 3.8) is 0 Å². The SMILES string of the molecule is CCOP(O)(=S)OC1C(OC)[C@H](n2ccc(=O)[nH]c2=O)O[C@@H]1CC(C)(C)C. The third kappa shape index (κ3) is 5.80. The average Bonchev–Trinajstić information content (AvgIpc) is 2.82. The van der Waals surface area contributed by atoms with E-state index < -0.39 is 42.5 Å². The highest BCUT2D eigenvalue weighted by Crippen LogP contribution is 2.50. The van der Waals surface area contributed by atoms with E-state index in [-0.39, 0.29) is 12.0 Å². The molecule has 9 nitrogen and oxygen atoms in total. The molecule has 0 aromatic carbocycles. The molecule has 0 aliphatic carbocycles. The van der Waals surface area contributed by atoms with Gasteiger partial charge in [0, 0.05) is 19.4 Å².